The Bertz CT molecular complexity index is 1710. The molecule has 0 atom stereocenters. The summed E-state index contributed by atoms with van der Waals surface area (Å²) in [6.07, 6.45) is 4.99. The number of allylic oxidation sites excluding steroid dienone is 1. The van der Waals surface area contributed by atoms with E-state index in [0.717, 1.165) is 52.7 Å². The molecule has 0 saturated heterocycles. The fraction of sp³-hybridized carbons (Fsp3) is 0.342. The molecular formula is C38H42Cl2N2O6. The van der Waals surface area contributed by atoms with Gasteiger partial charge in [0.15, 0.2) is 0 Å². The fourth-order valence-corrected chi connectivity index (χ4v) is 5.89. The second kappa shape index (κ2) is 16.2. The van der Waals surface area contributed by atoms with Crippen molar-refractivity contribution in [3.8, 4) is 5.75 Å². The molecule has 3 aromatic carbocycles. The van der Waals surface area contributed by atoms with Gasteiger partial charge in [0.1, 0.15) is 18.0 Å². The Kier molecular flexibility index (Phi) is 12.4. The van der Waals surface area contributed by atoms with Crippen molar-refractivity contribution in [1.82, 2.24) is 9.80 Å². The number of rotatable bonds is 10. The van der Waals surface area contributed by atoms with Crippen LogP contribution in [0.2, 0.25) is 10.0 Å². The van der Waals surface area contributed by atoms with Crippen LogP contribution in [0.15, 0.2) is 72.8 Å². The predicted molar refractivity (Wildman–Crippen MR) is 191 cm³/mol. The zero-order chi connectivity index (χ0) is 35.0. The van der Waals surface area contributed by atoms with E-state index in [0.29, 0.717) is 21.4 Å². The molecule has 0 N–H and O–H groups in total. The van der Waals surface area contributed by atoms with Crippen molar-refractivity contribution in [3.63, 3.8) is 0 Å². The van der Waals surface area contributed by atoms with Gasteiger partial charge in [-0.3, -0.25) is 4.79 Å². The molecule has 254 valence electrons. The number of ether oxygens (including phenoxy) is 3. The van der Waals surface area contributed by atoms with Gasteiger partial charge in [0.05, 0.1) is 19.2 Å². The van der Waals surface area contributed by atoms with Gasteiger partial charge >= 0.3 is 12.1 Å². The standard InChI is InChI=1S/C38H42Cl2N2O6/c1-38(2,3)48-37(45)42(20-8-11-34(43)41(4)5)21-22-47-29-16-12-25(13-17-29)35-30-18-14-27(36(44)46-6)23-26(30)9-7-10-32(35)31-19-15-28(39)24-33(31)40/h8,11-19,23-24H,7,9-10,20-22H2,1-6H3. The first-order chi connectivity index (χ1) is 22.8. The third-order valence-electron chi connectivity index (χ3n) is 7.68. The molecule has 48 heavy (non-hydrogen) atoms. The van der Waals surface area contributed by atoms with E-state index in [4.69, 9.17) is 37.4 Å². The molecule has 3 aromatic rings. The lowest BCUT2D eigenvalue weighted by Gasteiger charge is -2.26. The van der Waals surface area contributed by atoms with E-state index in [-0.39, 0.29) is 31.6 Å². The first-order valence-electron chi connectivity index (χ1n) is 15.8. The summed E-state index contributed by atoms with van der Waals surface area (Å²) in [4.78, 5) is 40.2. The highest BCUT2D eigenvalue weighted by Crippen LogP contribution is 2.42. The Hall–Kier alpha value is -4.27. The lowest BCUT2D eigenvalue weighted by Crippen LogP contribution is -2.39. The molecule has 4 rings (SSSR count). The molecule has 0 aliphatic heterocycles. The number of carbonyl (C=O) groups is 3. The molecule has 1 aliphatic rings. The maximum absolute atomic E-state index is 12.9. The first kappa shape index (κ1) is 36.6. The number of hydrogen-bond donors (Lipinski definition) is 0. The number of esters is 1. The molecule has 2 amide bonds. The minimum Gasteiger partial charge on any atom is -0.492 e. The summed E-state index contributed by atoms with van der Waals surface area (Å²) in [6, 6.07) is 19.0. The first-order valence-corrected chi connectivity index (χ1v) is 16.5. The van der Waals surface area contributed by atoms with Gasteiger partial charge in [-0.15, -0.1) is 0 Å². The van der Waals surface area contributed by atoms with E-state index in [9.17, 15) is 14.4 Å². The number of halogens is 2. The molecule has 0 heterocycles. The summed E-state index contributed by atoms with van der Waals surface area (Å²) < 4.78 is 16.6. The van der Waals surface area contributed by atoms with E-state index in [1.807, 2.05) is 48.5 Å². The number of amides is 2. The summed E-state index contributed by atoms with van der Waals surface area (Å²) in [5, 5.41) is 1.13. The Balaban J connectivity index is 1.61. The van der Waals surface area contributed by atoms with Crippen LogP contribution in [-0.2, 0) is 20.7 Å². The van der Waals surface area contributed by atoms with E-state index >= 15 is 0 Å². The van der Waals surface area contributed by atoms with Gasteiger partial charge in [-0.1, -0.05) is 53.5 Å². The number of carbonyl (C=O) groups excluding carboxylic acids is 3. The van der Waals surface area contributed by atoms with Gasteiger partial charge in [0.25, 0.3) is 0 Å². The summed E-state index contributed by atoms with van der Waals surface area (Å²) in [5.74, 6) is 0.0772. The predicted octanol–water partition coefficient (Wildman–Crippen LogP) is 8.34. The number of benzene rings is 3. The van der Waals surface area contributed by atoms with Crippen LogP contribution >= 0.6 is 23.2 Å². The molecule has 0 saturated carbocycles. The Labute approximate surface area is 292 Å². The third kappa shape index (κ3) is 9.64. The van der Waals surface area contributed by atoms with Crippen LogP contribution in [0.25, 0.3) is 11.1 Å². The van der Waals surface area contributed by atoms with Crippen molar-refractivity contribution in [3.05, 3.63) is 111 Å². The lowest BCUT2D eigenvalue weighted by molar-refractivity contribution is -0.123. The highest BCUT2D eigenvalue weighted by molar-refractivity contribution is 6.36. The van der Waals surface area contributed by atoms with Crippen LogP contribution in [0, 0.1) is 0 Å². The fourth-order valence-electron chi connectivity index (χ4n) is 5.37. The van der Waals surface area contributed by atoms with Crippen molar-refractivity contribution in [2.45, 2.75) is 45.6 Å². The lowest BCUT2D eigenvalue weighted by atomic mass is 9.87. The smallest absolute Gasteiger partial charge is 0.410 e. The number of nitrogens with zero attached hydrogens (tertiary/aromatic N) is 2. The Morgan fingerprint density at radius 2 is 1.62 bits per heavy atom. The number of methoxy groups -OCH3 is 1. The second-order valence-electron chi connectivity index (χ2n) is 12.6. The molecule has 0 unspecified atom stereocenters. The minimum absolute atomic E-state index is 0.174. The maximum Gasteiger partial charge on any atom is 0.410 e. The molecule has 0 fully saturated rings. The zero-order valence-electron chi connectivity index (χ0n) is 28.3. The van der Waals surface area contributed by atoms with Crippen molar-refractivity contribution in [2.24, 2.45) is 0 Å². The summed E-state index contributed by atoms with van der Waals surface area (Å²) in [6.45, 7) is 6.06. The number of likely N-dealkylation sites (N-methyl/N-ethyl adjacent to an activating group) is 1. The number of fused-ring (bicyclic) bond motifs is 1. The van der Waals surface area contributed by atoms with Crippen LogP contribution in [0.4, 0.5) is 4.79 Å². The average Bonchev–Trinajstić information content (AvgIpc) is 3.22. The van der Waals surface area contributed by atoms with Crippen molar-refractivity contribution < 1.29 is 28.6 Å². The Morgan fingerprint density at radius 1 is 0.917 bits per heavy atom. The molecule has 1 aliphatic carbocycles. The van der Waals surface area contributed by atoms with Crippen LogP contribution in [-0.4, -0.2) is 74.3 Å². The van der Waals surface area contributed by atoms with Crippen LogP contribution in [0.5, 0.6) is 5.75 Å². The van der Waals surface area contributed by atoms with Crippen molar-refractivity contribution in [2.75, 3.05) is 40.9 Å². The second-order valence-corrected chi connectivity index (χ2v) is 13.5. The van der Waals surface area contributed by atoms with E-state index < -0.39 is 11.7 Å². The van der Waals surface area contributed by atoms with Crippen molar-refractivity contribution in [1.29, 1.82) is 0 Å². The highest BCUT2D eigenvalue weighted by atomic mass is 35.5. The molecule has 0 bridgehead atoms. The Morgan fingerprint density at radius 3 is 2.27 bits per heavy atom. The minimum atomic E-state index is -0.670. The molecule has 10 heteroatoms. The van der Waals surface area contributed by atoms with E-state index in [2.05, 4.69) is 0 Å². The van der Waals surface area contributed by atoms with Gasteiger partial charge in [-0.25, -0.2) is 9.59 Å². The number of aryl methyl sites for hydroxylation is 1. The molecule has 0 spiro atoms. The van der Waals surface area contributed by atoms with E-state index in [1.54, 1.807) is 53.1 Å². The molecule has 0 aromatic heterocycles. The van der Waals surface area contributed by atoms with Gasteiger partial charge in [-0.2, -0.15) is 0 Å². The monoisotopic (exact) mass is 692 g/mol. The topological polar surface area (TPSA) is 85.4 Å². The maximum atomic E-state index is 12.9. The quantitative estimate of drug-likeness (QED) is 0.157. The van der Waals surface area contributed by atoms with Gasteiger partial charge in [0.2, 0.25) is 5.91 Å². The molecule has 0 radical (unpaired) electrons. The summed E-state index contributed by atoms with van der Waals surface area (Å²) in [5.41, 5.74) is 5.88. The molecular weight excluding hydrogens is 651 g/mol. The normalized spacial score (nSPS) is 13.1. The van der Waals surface area contributed by atoms with Crippen molar-refractivity contribution >= 4 is 52.3 Å². The van der Waals surface area contributed by atoms with E-state index in [1.165, 1.54) is 23.0 Å². The zero-order valence-corrected chi connectivity index (χ0v) is 29.8. The SMILES string of the molecule is COC(=O)c1ccc2c(c1)CCCC(c1ccc(Cl)cc1Cl)=C2c1ccc(OCCN(CC=CC(=O)N(C)C)C(=O)OC(C)(C)C)cc1. The van der Waals surface area contributed by atoms with Crippen LogP contribution in [0.1, 0.15) is 66.2 Å². The van der Waals surface area contributed by atoms with Crippen LogP contribution in [0.3, 0.4) is 0 Å². The summed E-state index contributed by atoms with van der Waals surface area (Å²) >= 11 is 13.0. The number of hydrogen-bond acceptors (Lipinski definition) is 6. The largest absolute Gasteiger partial charge is 0.492 e. The van der Waals surface area contributed by atoms with Crippen LogP contribution < -0.4 is 4.74 Å². The summed E-state index contributed by atoms with van der Waals surface area (Å²) in [7, 11) is 4.71. The van der Waals surface area contributed by atoms with Gasteiger partial charge in [0, 0.05) is 36.8 Å². The van der Waals surface area contributed by atoms with Gasteiger partial charge < -0.3 is 24.0 Å². The third-order valence-corrected chi connectivity index (χ3v) is 8.23. The molecule has 8 nitrogen and oxygen atoms in total. The average molecular weight is 694 g/mol. The van der Waals surface area contributed by atoms with Gasteiger partial charge in [-0.05, 0) is 110 Å². The highest BCUT2D eigenvalue weighted by Gasteiger charge is 2.24.